The summed E-state index contributed by atoms with van der Waals surface area (Å²) < 4.78 is 13.5. The van der Waals surface area contributed by atoms with Crippen molar-refractivity contribution in [3.63, 3.8) is 0 Å². The molecular weight excluding hydrogens is 462 g/mol. The predicted molar refractivity (Wildman–Crippen MR) is 148 cm³/mol. The number of hydrogen-bond donors (Lipinski definition) is 0. The summed E-state index contributed by atoms with van der Waals surface area (Å²) in [4.78, 5) is 16.8. The topological polar surface area (TPSA) is 65.3 Å². The zero-order valence-electron chi connectivity index (χ0n) is 22.8. The summed E-state index contributed by atoms with van der Waals surface area (Å²) in [6.45, 7) is 10.6. The number of fused-ring (bicyclic) bond motifs is 1. The lowest BCUT2D eigenvalue weighted by Gasteiger charge is -2.32. The fraction of sp³-hybridized carbons (Fsp3) is 0.433. The van der Waals surface area contributed by atoms with Gasteiger partial charge in [-0.15, -0.1) is 0 Å². The van der Waals surface area contributed by atoms with E-state index in [0.29, 0.717) is 0 Å². The van der Waals surface area contributed by atoms with Gasteiger partial charge in [0.25, 0.3) is 0 Å². The van der Waals surface area contributed by atoms with E-state index >= 15 is 0 Å². The summed E-state index contributed by atoms with van der Waals surface area (Å²) in [6.07, 6.45) is 4.58. The maximum absolute atomic E-state index is 6.23. The van der Waals surface area contributed by atoms with Crippen LogP contribution in [0.3, 0.4) is 0 Å². The van der Waals surface area contributed by atoms with Crippen LogP contribution in [0.25, 0.3) is 11.2 Å². The molecule has 194 valence electrons. The Kier molecular flexibility index (Phi) is 6.80. The van der Waals surface area contributed by atoms with Crippen molar-refractivity contribution in [2.75, 3.05) is 25.1 Å². The summed E-state index contributed by atoms with van der Waals surface area (Å²) in [5.74, 6) is 2.47. The SMILES string of the molecule is COc1ccc(OC2CCN(c3nc(Cc4cc(C(C)(C)C)ccc4C)c4c(ncn4C)n3)CC2)cc1. The van der Waals surface area contributed by atoms with Gasteiger partial charge in [0.05, 0.1) is 19.1 Å². The van der Waals surface area contributed by atoms with Crippen LogP contribution in [0, 0.1) is 6.92 Å². The second-order valence-corrected chi connectivity index (χ2v) is 11.0. The maximum Gasteiger partial charge on any atom is 0.227 e. The molecule has 0 N–H and O–H groups in total. The van der Waals surface area contributed by atoms with E-state index in [2.05, 4.69) is 55.8 Å². The number of imidazole rings is 1. The Labute approximate surface area is 219 Å². The molecule has 0 saturated carbocycles. The zero-order valence-corrected chi connectivity index (χ0v) is 22.8. The van der Waals surface area contributed by atoms with E-state index in [4.69, 9.17) is 19.4 Å². The van der Waals surface area contributed by atoms with Crippen molar-refractivity contribution in [3.8, 4) is 11.5 Å². The number of hydrogen-bond acceptors (Lipinski definition) is 6. The number of anilines is 1. The van der Waals surface area contributed by atoms with Crippen LogP contribution in [0.15, 0.2) is 48.8 Å². The molecule has 1 aliphatic heterocycles. The molecule has 4 aromatic rings. The molecular formula is C30H37N5O2. The van der Waals surface area contributed by atoms with Crippen molar-refractivity contribution in [1.82, 2.24) is 19.5 Å². The molecule has 2 aromatic heterocycles. The van der Waals surface area contributed by atoms with E-state index in [1.54, 1.807) is 7.11 Å². The van der Waals surface area contributed by atoms with E-state index in [1.807, 2.05) is 42.2 Å². The maximum atomic E-state index is 6.23. The van der Waals surface area contributed by atoms with Gasteiger partial charge in [-0.1, -0.05) is 39.0 Å². The summed E-state index contributed by atoms with van der Waals surface area (Å²) >= 11 is 0. The van der Waals surface area contributed by atoms with Crippen LogP contribution < -0.4 is 14.4 Å². The summed E-state index contributed by atoms with van der Waals surface area (Å²) in [5.41, 5.74) is 6.78. The van der Waals surface area contributed by atoms with Crippen LogP contribution in [-0.2, 0) is 18.9 Å². The quantitative estimate of drug-likeness (QED) is 0.343. The van der Waals surface area contributed by atoms with E-state index in [1.165, 1.54) is 16.7 Å². The molecule has 3 heterocycles. The van der Waals surface area contributed by atoms with Crippen molar-refractivity contribution >= 4 is 17.1 Å². The van der Waals surface area contributed by atoms with E-state index < -0.39 is 0 Å². The lowest BCUT2D eigenvalue weighted by molar-refractivity contribution is 0.170. The molecule has 2 aromatic carbocycles. The molecule has 5 rings (SSSR count). The van der Waals surface area contributed by atoms with Crippen LogP contribution in [0.4, 0.5) is 5.95 Å². The Morgan fingerprint density at radius 3 is 2.35 bits per heavy atom. The highest BCUT2D eigenvalue weighted by atomic mass is 16.5. The summed E-state index contributed by atoms with van der Waals surface area (Å²) in [7, 11) is 3.69. The van der Waals surface area contributed by atoms with Crippen molar-refractivity contribution in [2.45, 2.75) is 58.5 Å². The highest BCUT2D eigenvalue weighted by Crippen LogP contribution is 2.29. The minimum absolute atomic E-state index is 0.0966. The average molecular weight is 500 g/mol. The minimum Gasteiger partial charge on any atom is -0.497 e. The number of aromatic nitrogens is 4. The standard InChI is InChI=1S/C30H37N5O2/c1-20-7-8-22(30(2,3)4)17-21(20)18-26-27-28(31-19-34(27)5)33-29(32-26)35-15-13-25(14-16-35)37-24-11-9-23(36-6)10-12-24/h7-12,17,19,25H,13-16,18H2,1-6H3. The Morgan fingerprint density at radius 2 is 1.68 bits per heavy atom. The average Bonchev–Trinajstić information content (AvgIpc) is 3.26. The van der Waals surface area contributed by atoms with Crippen molar-refractivity contribution in [3.05, 3.63) is 71.2 Å². The lowest BCUT2D eigenvalue weighted by Crippen LogP contribution is -2.39. The third kappa shape index (κ3) is 5.41. The predicted octanol–water partition coefficient (Wildman–Crippen LogP) is 5.62. The second kappa shape index (κ2) is 10.0. The van der Waals surface area contributed by atoms with Crippen molar-refractivity contribution in [2.24, 2.45) is 7.05 Å². The van der Waals surface area contributed by atoms with Gasteiger partial charge in [0.2, 0.25) is 5.95 Å². The van der Waals surface area contributed by atoms with Gasteiger partial charge >= 0.3 is 0 Å². The Balaban J connectivity index is 1.36. The minimum atomic E-state index is 0.0966. The molecule has 1 fully saturated rings. The molecule has 1 aliphatic rings. The van der Waals surface area contributed by atoms with Gasteiger partial charge < -0.3 is 18.9 Å². The Bertz CT molecular complexity index is 1380. The molecule has 7 heteroatoms. The Hall–Kier alpha value is -3.61. The van der Waals surface area contributed by atoms with Crippen molar-refractivity contribution in [1.29, 1.82) is 0 Å². The number of nitrogens with zero attached hydrogens (tertiary/aromatic N) is 5. The molecule has 0 amide bonds. The number of benzene rings is 2. The third-order valence-corrected chi connectivity index (χ3v) is 7.29. The fourth-order valence-electron chi connectivity index (χ4n) is 4.92. The molecule has 7 nitrogen and oxygen atoms in total. The third-order valence-electron chi connectivity index (χ3n) is 7.29. The largest absolute Gasteiger partial charge is 0.497 e. The Morgan fingerprint density at radius 1 is 0.973 bits per heavy atom. The first-order chi connectivity index (χ1) is 17.7. The monoisotopic (exact) mass is 499 g/mol. The summed E-state index contributed by atoms with van der Waals surface area (Å²) in [5, 5.41) is 0. The molecule has 0 atom stereocenters. The molecule has 0 bridgehead atoms. The van der Waals surface area contributed by atoms with Gasteiger partial charge in [0, 0.05) is 39.4 Å². The molecule has 37 heavy (non-hydrogen) atoms. The summed E-state index contributed by atoms with van der Waals surface area (Å²) in [6, 6.07) is 14.6. The van der Waals surface area contributed by atoms with E-state index in [-0.39, 0.29) is 11.5 Å². The first-order valence-electron chi connectivity index (χ1n) is 13.0. The van der Waals surface area contributed by atoms with Crippen LogP contribution in [0.5, 0.6) is 11.5 Å². The normalized spacial score (nSPS) is 14.8. The lowest BCUT2D eigenvalue weighted by atomic mass is 9.84. The second-order valence-electron chi connectivity index (χ2n) is 11.0. The van der Waals surface area contributed by atoms with E-state index in [9.17, 15) is 0 Å². The van der Waals surface area contributed by atoms with Crippen LogP contribution in [0.2, 0.25) is 0 Å². The number of aryl methyl sites for hydroxylation is 2. The van der Waals surface area contributed by atoms with E-state index in [0.717, 1.165) is 66.7 Å². The highest BCUT2D eigenvalue weighted by molar-refractivity contribution is 5.75. The van der Waals surface area contributed by atoms with Crippen LogP contribution >= 0.6 is 0 Å². The van der Waals surface area contributed by atoms with Gasteiger partial charge in [-0.2, -0.15) is 4.98 Å². The number of methoxy groups -OCH3 is 1. The van der Waals surface area contributed by atoms with Crippen molar-refractivity contribution < 1.29 is 9.47 Å². The molecule has 0 spiro atoms. The van der Waals surface area contributed by atoms with Gasteiger partial charge in [-0.25, -0.2) is 9.97 Å². The number of piperidine rings is 1. The highest BCUT2D eigenvalue weighted by Gasteiger charge is 2.24. The fourth-order valence-corrected chi connectivity index (χ4v) is 4.92. The smallest absolute Gasteiger partial charge is 0.227 e. The van der Waals surface area contributed by atoms with Crippen LogP contribution in [0.1, 0.15) is 56.0 Å². The van der Waals surface area contributed by atoms with Crippen LogP contribution in [-0.4, -0.2) is 45.8 Å². The molecule has 0 unspecified atom stereocenters. The first-order valence-corrected chi connectivity index (χ1v) is 13.0. The first kappa shape index (κ1) is 25.1. The number of rotatable bonds is 6. The van der Waals surface area contributed by atoms with Gasteiger partial charge in [0.1, 0.15) is 23.1 Å². The molecule has 0 radical (unpaired) electrons. The molecule has 1 saturated heterocycles. The van der Waals surface area contributed by atoms with Gasteiger partial charge in [-0.05, 0) is 53.3 Å². The number of ether oxygens (including phenoxy) is 2. The van der Waals surface area contributed by atoms with Gasteiger partial charge in [-0.3, -0.25) is 0 Å². The van der Waals surface area contributed by atoms with Gasteiger partial charge in [0.15, 0.2) is 5.65 Å². The molecule has 0 aliphatic carbocycles. The zero-order chi connectivity index (χ0) is 26.2.